The Labute approximate surface area is 79.7 Å². The van der Waals surface area contributed by atoms with Crippen molar-refractivity contribution in [2.45, 2.75) is 38.6 Å². The van der Waals surface area contributed by atoms with Crippen molar-refractivity contribution in [3.05, 3.63) is 23.5 Å². The van der Waals surface area contributed by atoms with E-state index in [0.717, 1.165) is 19.5 Å². The van der Waals surface area contributed by atoms with Crippen LogP contribution in [0.15, 0.2) is 12.3 Å². The zero-order valence-electron chi connectivity index (χ0n) is 8.13. The van der Waals surface area contributed by atoms with Crippen LogP contribution < -0.4 is 5.73 Å². The zero-order chi connectivity index (χ0) is 9.10. The summed E-state index contributed by atoms with van der Waals surface area (Å²) in [5, 5.41) is 0. The van der Waals surface area contributed by atoms with Crippen LogP contribution in [-0.2, 0) is 19.4 Å². The van der Waals surface area contributed by atoms with E-state index >= 15 is 0 Å². The average molecular weight is 178 g/mol. The first-order valence-electron chi connectivity index (χ1n) is 5.29. The highest BCUT2D eigenvalue weighted by Crippen LogP contribution is 2.22. The van der Waals surface area contributed by atoms with E-state index in [-0.39, 0.29) is 0 Å². The predicted octanol–water partition coefficient (Wildman–Crippen LogP) is 1.72. The Kier molecular flexibility index (Phi) is 2.69. The van der Waals surface area contributed by atoms with Crippen molar-refractivity contribution in [2.24, 2.45) is 5.73 Å². The average Bonchev–Trinajstić information content (AvgIpc) is 2.58. The highest BCUT2D eigenvalue weighted by molar-refractivity contribution is 5.24. The lowest BCUT2D eigenvalue weighted by molar-refractivity contribution is 0.586. The van der Waals surface area contributed by atoms with Crippen molar-refractivity contribution in [3.63, 3.8) is 0 Å². The normalized spacial score (nSPS) is 15.8. The summed E-state index contributed by atoms with van der Waals surface area (Å²) in [6.45, 7) is 1.90. The van der Waals surface area contributed by atoms with Gasteiger partial charge < -0.3 is 10.3 Å². The Morgan fingerprint density at radius 1 is 1.31 bits per heavy atom. The molecule has 0 amide bonds. The Hall–Kier alpha value is -0.760. The highest BCUT2D eigenvalue weighted by Gasteiger charge is 2.12. The maximum atomic E-state index is 5.51. The summed E-state index contributed by atoms with van der Waals surface area (Å²) in [6.07, 6.45) is 8.61. The second-order valence-electron chi connectivity index (χ2n) is 3.83. The van der Waals surface area contributed by atoms with Gasteiger partial charge in [0.2, 0.25) is 0 Å². The van der Waals surface area contributed by atoms with Crippen molar-refractivity contribution in [2.75, 3.05) is 6.54 Å². The molecule has 1 aliphatic carbocycles. The van der Waals surface area contributed by atoms with Crippen LogP contribution in [0.4, 0.5) is 0 Å². The smallest absolute Gasteiger partial charge is 0.0234 e. The summed E-state index contributed by atoms with van der Waals surface area (Å²) in [6, 6.07) is 2.28. The molecular formula is C11H18N2. The second kappa shape index (κ2) is 3.97. The highest BCUT2D eigenvalue weighted by atomic mass is 15.0. The molecule has 2 heteroatoms. The van der Waals surface area contributed by atoms with E-state index in [2.05, 4.69) is 16.8 Å². The van der Waals surface area contributed by atoms with Crippen molar-refractivity contribution in [3.8, 4) is 0 Å². The molecule has 1 aliphatic rings. The van der Waals surface area contributed by atoms with E-state index in [1.807, 2.05) is 0 Å². The quantitative estimate of drug-likeness (QED) is 0.750. The van der Waals surface area contributed by atoms with Gasteiger partial charge in [-0.25, -0.2) is 0 Å². The first-order chi connectivity index (χ1) is 6.42. The number of hydrogen-bond acceptors (Lipinski definition) is 1. The SMILES string of the molecule is NCCCn1ccc2c1CCCC2. The Morgan fingerprint density at radius 3 is 3.00 bits per heavy atom. The fourth-order valence-corrected chi connectivity index (χ4v) is 2.16. The van der Waals surface area contributed by atoms with Gasteiger partial charge in [0.15, 0.2) is 0 Å². The molecular weight excluding hydrogens is 160 g/mol. The molecule has 0 fully saturated rings. The number of nitrogens with zero attached hydrogens (tertiary/aromatic N) is 1. The van der Waals surface area contributed by atoms with Crippen molar-refractivity contribution in [1.82, 2.24) is 4.57 Å². The lowest BCUT2D eigenvalue weighted by Crippen LogP contribution is -2.10. The van der Waals surface area contributed by atoms with Crippen molar-refractivity contribution in [1.29, 1.82) is 0 Å². The second-order valence-corrected chi connectivity index (χ2v) is 3.83. The van der Waals surface area contributed by atoms with Gasteiger partial charge >= 0.3 is 0 Å². The summed E-state index contributed by atoms with van der Waals surface area (Å²) in [5.41, 5.74) is 8.65. The molecule has 0 bridgehead atoms. The van der Waals surface area contributed by atoms with Gasteiger partial charge in [-0.1, -0.05) is 0 Å². The van der Waals surface area contributed by atoms with E-state index in [0.29, 0.717) is 0 Å². The van der Waals surface area contributed by atoms with Gasteiger partial charge in [0.25, 0.3) is 0 Å². The number of hydrogen-bond donors (Lipinski definition) is 1. The molecule has 2 N–H and O–H groups in total. The van der Waals surface area contributed by atoms with Gasteiger partial charge in [0.05, 0.1) is 0 Å². The van der Waals surface area contributed by atoms with Crippen LogP contribution in [0.2, 0.25) is 0 Å². The molecule has 1 aromatic heterocycles. The van der Waals surface area contributed by atoms with Crippen LogP contribution in [0.1, 0.15) is 30.5 Å². The van der Waals surface area contributed by atoms with Gasteiger partial charge in [-0.3, -0.25) is 0 Å². The summed E-state index contributed by atoms with van der Waals surface area (Å²) in [5.74, 6) is 0. The van der Waals surface area contributed by atoms with Gasteiger partial charge in [-0.2, -0.15) is 0 Å². The lowest BCUT2D eigenvalue weighted by Gasteiger charge is -2.15. The number of rotatable bonds is 3. The van der Waals surface area contributed by atoms with Crippen LogP contribution in [-0.4, -0.2) is 11.1 Å². The fraction of sp³-hybridized carbons (Fsp3) is 0.636. The summed E-state index contributed by atoms with van der Waals surface area (Å²) in [7, 11) is 0. The number of nitrogens with two attached hydrogens (primary N) is 1. The molecule has 0 aromatic carbocycles. The largest absolute Gasteiger partial charge is 0.351 e. The van der Waals surface area contributed by atoms with Crippen LogP contribution in [0, 0.1) is 0 Å². The zero-order valence-corrected chi connectivity index (χ0v) is 8.13. The molecule has 1 aromatic rings. The number of aryl methyl sites for hydroxylation is 2. The molecule has 0 spiro atoms. The fourth-order valence-electron chi connectivity index (χ4n) is 2.16. The molecule has 13 heavy (non-hydrogen) atoms. The minimum atomic E-state index is 0.799. The van der Waals surface area contributed by atoms with E-state index in [4.69, 9.17) is 5.73 Å². The Morgan fingerprint density at radius 2 is 2.15 bits per heavy atom. The van der Waals surface area contributed by atoms with Crippen LogP contribution in [0.3, 0.4) is 0 Å². The molecule has 1 heterocycles. The standard InChI is InChI=1S/C11H18N2/c12-7-3-8-13-9-6-10-4-1-2-5-11(10)13/h6,9H,1-5,7-8,12H2. The molecule has 2 rings (SSSR count). The topological polar surface area (TPSA) is 30.9 Å². The van der Waals surface area contributed by atoms with E-state index in [9.17, 15) is 0 Å². The maximum Gasteiger partial charge on any atom is 0.0234 e. The molecule has 0 unspecified atom stereocenters. The predicted molar refractivity (Wildman–Crippen MR) is 54.7 cm³/mol. The summed E-state index contributed by atoms with van der Waals surface area (Å²) in [4.78, 5) is 0. The summed E-state index contributed by atoms with van der Waals surface area (Å²) < 4.78 is 2.39. The summed E-state index contributed by atoms with van der Waals surface area (Å²) >= 11 is 0. The number of aromatic nitrogens is 1. The van der Waals surface area contributed by atoms with Gasteiger partial charge in [-0.15, -0.1) is 0 Å². The first-order valence-corrected chi connectivity index (χ1v) is 5.29. The lowest BCUT2D eigenvalue weighted by atomic mass is 9.98. The van der Waals surface area contributed by atoms with Crippen molar-refractivity contribution >= 4 is 0 Å². The Balaban J connectivity index is 2.12. The van der Waals surface area contributed by atoms with Crippen LogP contribution in [0.5, 0.6) is 0 Å². The molecule has 0 atom stereocenters. The minimum Gasteiger partial charge on any atom is -0.351 e. The molecule has 0 saturated heterocycles. The molecule has 2 nitrogen and oxygen atoms in total. The van der Waals surface area contributed by atoms with Gasteiger partial charge in [0, 0.05) is 18.4 Å². The third kappa shape index (κ3) is 1.78. The first kappa shape index (κ1) is 8.82. The molecule has 72 valence electrons. The van der Waals surface area contributed by atoms with E-state index in [1.54, 1.807) is 11.3 Å². The molecule has 0 saturated carbocycles. The van der Waals surface area contributed by atoms with Gasteiger partial charge in [-0.05, 0) is 50.3 Å². The third-order valence-electron chi connectivity index (χ3n) is 2.89. The molecule has 0 aliphatic heterocycles. The number of fused-ring (bicyclic) bond motifs is 1. The molecule has 0 radical (unpaired) electrons. The monoisotopic (exact) mass is 178 g/mol. The van der Waals surface area contributed by atoms with Crippen molar-refractivity contribution < 1.29 is 0 Å². The maximum absolute atomic E-state index is 5.51. The van der Waals surface area contributed by atoms with E-state index < -0.39 is 0 Å². The van der Waals surface area contributed by atoms with Crippen LogP contribution >= 0.6 is 0 Å². The van der Waals surface area contributed by atoms with E-state index in [1.165, 1.54) is 25.7 Å². The minimum absolute atomic E-state index is 0.799. The van der Waals surface area contributed by atoms with Gasteiger partial charge in [0.1, 0.15) is 0 Å². The third-order valence-corrected chi connectivity index (χ3v) is 2.89. The van der Waals surface area contributed by atoms with Crippen LogP contribution in [0.25, 0.3) is 0 Å². The Bertz CT molecular complexity index is 276.